The molecule has 6 heteroatoms. The van der Waals surface area contributed by atoms with Gasteiger partial charge in [-0.3, -0.25) is 4.79 Å². The van der Waals surface area contributed by atoms with Crippen molar-refractivity contribution in [2.75, 3.05) is 7.11 Å². The summed E-state index contributed by atoms with van der Waals surface area (Å²) >= 11 is 0. The average Bonchev–Trinajstić information content (AvgIpc) is 2.55. The number of fused-ring (bicyclic) bond motifs is 1. The zero-order valence-corrected chi connectivity index (χ0v) is 14.0. The number of rotatable bonds is 3. The predicted molar refractivity (Wildman–Crippen MR) is 94.1 cm³/mol. The quantitative estimate of drug-likeness (QED) is 0.696. The van der Waals surface area contributed by atoms with Gasteiger partial charge >= 0.3 is 0 Å². The van der Waals surface area contributed by atoms with Crippen LogP contribution in [-0.2, 0) is 6.42 Å². The normalized spacial score (nSPS) is 17.9. The number of methoxy groups -OCH3 is 1. The average molecular weight is 324 g/mol. The monoisotopic (exact) mass is 324 g/mol. The van der Waals surface area contributed by atoms with E-state index in [4.69, 9.17) is 4.74 Å². The highest BCUT2D eigenvalue weighted by atomic mass is 16.5. The van der Waals surface area contributed by atoms with Gasteiger partial charge in [0.1, 0.15) is 5.75 Å². The third-order valence-corrected chi connectivity index (χ3v) is 3.97. The molecule has 0 unspecified atom stereocenters. The van der Waals surface area contributed by atoms with E-state index in [0.717, 1.165) is 41.1 Å². The largest absolute Gasteiger partial charge is 0.497 e. The first-order valence-electron chi connectivity index (χ1n) is 7.80. The van der Waals surface area contributed by atoms with Crippen LogP contribution in [-0.4, -0.2) is 29.2 Å². The number of aromatic amines is 1. The van der Waals surface area contributed by atoms with Gasteiger partial charge in [0.15, 0.2) is 0 Å². The van der Waals surface area contributed by atoms with Gasteiger partial charge in [0.25, 0.3) is 5.56 Å². The van der Waals surface area contributed by atoms with E-state index in [9.17, 15) is 4.79 Å². The van der Waals surface area contributed by atoms with Crippen molar-refractivity contribution >= 4 is 11.9 Å². The highest BCUT2D eigenvalue weighted by Crippen LogP contribution is 2.33. The number of ether oxygens (including phenoxy) is 1. The zero-order valence-electron chi connectivity index (χ0n) is 14.0. The number of benzene rings is 1. The SMILES string of the molecule is COc1cccc(/C=N/N=C2\CC(C)(C)Cc3n[nH]c(=O)cc32)c1. The number of nitrogens with zero attached hydrogens (tertiary/aromatic N) is 3. The van der Waals surface area contributed by atoms with Gasteiger partial charge in [-0.25, -0.2) is 5.10 Å². The predicted octanol–water partition coefficient (Wildman–Crippen LogP) is 2.57. The van der Waals surface area contributed by atoms with E-state index in [2.05, 4.69) is 34.2 Å². The maximum atomic E-state index is 11.6. The van der Waals surface area contributed by atoms with Crippen LogP contribution in [0, 0.1) is 5.41 Å². The Bertz CT molecular complexity index is 865. The summed E-state index contributed by atoms with van der Waals surface area (Å²) in [6.45, 7) is 4.31. The first-order valence-corrected chi connectivity index (χ1v) is 7.80. The lowest BCUT2D eigenvalue weighted by Crippen LogP contribution is -2.30. The molecule has 24 heavy (non-hydrogen) atoms. The van der Waals surface area contributed by atoms with Crippen LogP contribution in [0.3, 0.4) is 0 Å². The number of hydrogen-bond acceptors (Lipinski definition) is 5. The smallest absolute Gasteiger partial charge is 0.264 e. The van der Waals surface area contributed by atoms with E-state index in [-0.39, 0.29) is 11.0 Å². The second-order valence-corrected chi connectivity index (χ2v) is 6.68. The van der Waals surface area contributed by atoms with E-state index < -0.39 is 0 Å². The van der Waals surface area contributed by atoms with Crippen LogP contribution in [0.15, 0.2) is 45.3 Å². The fourth-order valence-corrected chi connectivity index (χ4v) is 2.85. The Kier molecular flexibility index (Phi) is 4.29. The molecule has 0 atom stereocenters. The fourth-order valence-electron chi connectivity index (χ4n) is 2.85. The lowest BCUT2D eigenvalue weighted by Gasteiger charge is -2.30. The molecule has 1 aliphatic rings. The van der Waals surface area contributed by atoms with Crippen LogP contribution in [0.25, 0.3) is 0 Å². The minimum absolute atomic E-state index is 0.0303. The van der Waals surface area contributed by atoms with Gasteiger partial charge in [0.05, 0.1) is 24.7 Å². The van der Waals surface area contributed by atoms with Gasteiger partial charge in [0.2, 0.25) is 0 Å². The molecule has 2 aromatic rings. The molecule has 1 N–H and O–H groups in total. The Balaban J connectivity index is 1.93. The first-order chi connectivity index (χ1) is 11.5. The van der Waals surface area contributed by atoms with Crippen LogP contribution >= 0.6 is 0 Å². The Hall–Kier alpha value is -2.76. The van der Waals surface area contributed by atoms with Crippen molar-refractivity contribution < 1.29 is 4.74 Å². The Morgan fingerprint density at radius 2 is 2.12 bits per heavy atom. The molecule has 1 heterocycles. The van der Waals surface area contributed by atoms with E-state index >= 15 is 0 Å². The van der Waals surface area contributed by atoms with Crippen molar-refractivity contribution in [3.8, 4) is 5.75 Å². The first kappa shape index (κ1) is 16.1. The third kappa shape index (κ3) is 3.59. The zero-order chi connectivity index (χ0) is 17.2. The third-order valence-electron chi connectivity index (χ3n) is 3.97. The van der Waals surface area contributed by atoms with Gasteiger partial charge in [-0.15, -0.1) is 0 Å². The molecule has 6 nitrogen and oxygen atoms in total. The lowest BCUT2D eigenvalue weighted by atomic mass is 9.75. The Morgan fingerprint density at radius 3 is 2.92 bits per heavy atom. The van der Waals surface area contributed by atoms with Crippen LogP contribution < -0.4 is 10.3 Å². The topological polar surface area (TPSA) is 79.7 Å². The highest BCUT2D eigenvalue weighted by molar-refractivity contribution is 6.03. The highest BCUT2D eigenvalue weighted by Gasteiger charge is 2.31. The molecule has 1 aliphatic carbocycles. The van der Waals surface area contributed by atoms with Crippen LogP contribution in [0.5, 0.6) is 5.75 Å². The molecule has 0 saturated carbocycles. The van der Waals surface area contributed by atoms with Gasteiger partial charge in [0, 0.05) is 11.6 Å². The van der Waals surface area contributed by atoms with Crippen LogP contribution in [0.1, 0.15) is 37.1 Å². The molecule has 124 valence electrons. The minimum Gasteiger partial charge on any atom is -0.497 e. The van der Waals surface area contributed by atoms with Crippen LogP contribution in [0.4, 0.5) is 0 Å². The summed E-state index contributed by atoms with van der Waals surface area (Å²) in [6.07, 6.45) is 3.23. The maximum absolute atomic E-state index is 11.6. The number of aromatic nitrogens is 2. The summed E-state index contributed by atoms with van der Waals surface area (Å²) in [5, 5.41) is 15.2. The molecule has 0 aliphatic heterocycles. The standard InChI is InChI=1S/C18H20N4O2/c1-18(2)9-15(14-8-17(23)22-21-16(14)10-18)20-19-11-12-5-4-6-13(7-12)24-3/h4-8,11H,9-10H2,1-3H3,(H,22,23)/b19-11+,20-15+. The molecular weight excluding hydrogens is 304 g/mol. The second kappa shape index (κ2) is 6.39. The molecule has 3 rings (SSSR count). The minimum atomic E-state index is -0.224. The van der Waals surface area contributed by atoms with Gasteiger partial charge < -0.3 is 4.74 Å². The molecule has 1 aromatic carbocycles. The van der Waals surface area contributed by atoms with Crippen LogP contribution in [0.2, 0.25) is 0 Å². The summed E-state index contributed by atoms with van der Waals surface area (Å²) in [7, 11) is 1.63. The molecule has 0 fully saturated rings. The number of H-pyrrole nitrogens is 1. The maximum Gasteiger partial charge on any atom is 0.264 e. The van der Waals surface area contributed by atoms with Crippen molar-refractivity contribution in [3.63, 3.8) is 0 Å². The fraction of sp³-hybridized carbons (Fsp3) is 0.333. The van der Waals surface area contributed by atoms with Crippen molar-refractivity contribution in [1.82, 2.24) is 10.2 Å². The number of hydrogen-bond donors (Lipinski definition) is 1. The van der Waals surface area contributed by atoms with Crippen molar-refractivity contribution in [2.24, 2.45) is 15.6 Å². The summed E-state index contributed by atoms with van der Waals surface area (Å²) in [6, 6.07) is 9.14. The van der Waals surface area contributed by atoms with E-state index in [1.165, 1.54) is 0 Å². The van der Waals surface area contributed by atoms with E-state index in [1.54, 1.807) is 19.4 Å². The molecule has 0 radical (unpaired) electrons. The van der Waals surface area contributed by atoms with Crippen molar-refractivity contribution in [1.29, 1.82) is 0 Å². The Labute approximate surface area is 140 Å². The summed E-state index contributed by atoms with van der Waals surface area (Å²) in [5.74, 6) is 0.770. The molecule has 0 amide bonds. The second-order valence-electron chi connectivity index (χ2n) is 6.68. The summed E-state index contributed by atoms with van der Waals surface area (Å²) < 4.78 is 5.19. The Morgan fingerprint density at radius 1 is 1.29 bits per heavy atom. The molecular formula is C18H20N4O2. The van der Waals surface area contributed by atoms with E-state index in [1.807, 2.05) is 24.3 Å². The van der Waals surface area contributed by atoms with Crippen molar-refractivity contribution in [3.05, 3.63) is 57.5 Å². The molecule has 1 aromatic heterocycles. The number of nitrogens with one attached hydrogen (secondary N) is 1. The summed E-state index contributed by atoms with van der Waals surface area (Å²) in [5.41, 5.74) is 3.15. The van der Waals surface area contributed by atoms with Crippen molar-refractivity contribution in [2.45, 2.75) is 26.7 Å². The molecule has 0 bridgehead atoms. The van der Waals surface area contributed by atoms with Gasteiger partial charge in [-0.2, -0.15) is 15.3 Å². The molecule has 0 spiro atoms. The lowest BCUT2D eigenvalue weighted by molar-refractivity contribution is 0.365. The van der Waals surface area contributed by atoms with E-state index in [0.29, 0.717) is 0 Å². The van der Waals surface area contributed by atoms with Gasteiger partial charge in [-0.05, 0) is 36.0 Å². The summed E-state index contributed by atoms with van der Waals surface area (Å²) in [4.78, 5) is 11.6. The molecule has 0 saturated heterocycles. The van der Waals surface area contributed by atoms with Gasteiger partial charge in [-0.1, -0.05) is 26.0 Å².